The van der Waals surface area contributed by atoms with E-state index >= 15 is 0 Å². The van der Waals surface area contributed by atoms with Gasteiger partial charge in [-0.3, -0.25) is 9.59 Å². The van der Waals surface area contributed by atoms with Crippen molar-refractivity contribution in [2.24, 2.45) is 0 Å². The number of halogens is 2. The summed E-state index contributed by atoms with van der Waals surface area (Å²) >= 11 is 5.79. The van der Waals surface area contributed by atoms with Crippen LogP contribution in [0, 0.1) is 5.82 Å². The topological polar surface area (TPSA) is 43.9 Å². The van der Waals surface area contributed by atoms with E-state index in [2.05, 4.69) is 4.90 Å². The van der Waals surface area contributed by atoms with Crippen LogP contribution in [0.3, 0.4) is 0 Å². The predicted molar refractivity (Wildman–Crippen MR) is 118 cm³/mol. The molecule has 1 aromatic carbocycles. The first-order chi connectivity index (χ1) is 14.5. The van der Waals surface area contributed by atoms with E-state index in [0.29, 0.717) is 25.1 Å². The summed E-state index contributed by atoms with van der Waals surface area (Å²) < 4.78 is 13.3. The van der Waals surface area contributed by atoms with Gasteiger partial charge in [-0.1, -0.05) is 31.0 Å². The first-order valence-corrected chi connectivity index (χ1v) is 11.3. The smallest absolute Gasteiger partial charge is 0.247 e. The number of hydrogen-bond acceptors (Lipinski definition) is 3. The third-order valence-corrected chi connectivity index (χ3v) is 6.26. The summed E-state index contributed by atoms with van der Waals surface area (Å²) in [6.45, 7) is 7.14. The van der Waals surface area contributed by atoms with Gasteiger partial charge < -0.3 is 14.7 Å². The zero-order valence-electron chi connectivity index (χ0n) is 17.7. The molecular weight excluding hydrogens is 405 g/mol. The second-order valence-electron chi connectivity index (χ2n) is 8.04. The molecule has 0 aromatic heterocycles. The van der Waals surface area contributed by atoms with Gasteiger partial charge in [-0.05, 0) is 69.1 Å². The number of carbonyl (C=O) groups is 2. The van der Waals surface area contributed by atoms with E-state index in [-0.39, 0.29) is 16.8 Å². The highest BCUT2D eigenvalue weighted by Gasteiger charge is 2.35. The lowest BCUT2D eigenvalue weighted by Gasteiger charge is -2.40. The minimum atomic E-state index is -0.492. The number of likely N-dealkylation sites (tertiary alicyclic amines) is 1. The van der Waals surface area contributed by atoms with Gasteiger partial charge >= 0.3 is 0 Å². The van der Waals surface area contributed by atoms with Crippen LogP contribution in [0.15, 0.2) is 24.3 Å². The average molecular weight is 436 g/mol. The van der Waals surface area contributed by atoms with Crippen molar-refractivity contribution in [1.29, 1.82) is 0 Å². The standard InChI is InChI=1S/C23H31ClFN3O2/c1-2-21-23(30)27(14-6-13-26-11-4-3-5-12-26)15-16-28(21)22(29)10-8-18-7-9-20(25)19(24)17-18/h7-10,17,21H,2-6,11-16H2,1H3. The molecule has 0 saturated carbocycles. The largest absolute Gasteiger partial charge is 0.339 e. The van der Waals surface area contributed by atoms with Gasteiger partial charge in [0.15, 0.2) is 0 Å². The first-order valence-electron chi connectivity index (χ1n) is 10.9. The van der Waals surface area contributed by atoms with Gasteiger partial charge in [0, 0.05) is 25.7 Å². The van der Waals surface area contributed by atoms with Crippen LogP contribution in [-0.4, -0.2) is 71.8 Å². The van der Waals surface area contributed by atoms with Crippen LogP contribution in [0.25, 0.3) is 6.08 Å². The molecule has 2 amide bonds. The Hall–Kier alpha value is -1.92. The average Bonchev–Trinajstić information content (AvgIpc) is 2.76. The van der Waals surface area contributed by atoms with E-state index in [9.17, 15) is 14.0 Å². The van der Waals surface area contributed by atoms with Crippen molar-refractivity contribution in [1.82, 2.24) is 14.7 Å². The van der Waals surface area contributed by atoms with Gasteiger partial charge in [-0.25, -0.2) is 4.39 Å². The van der Waals surface area contributed by atoms with Crippen molar-refractivity contribution in [2.45, 2.75) is 45.1 Å². The van der Waals surface area contributed by atoms with Crippen molar-refractivity contribution in [3.05, 3.63) is 40.7 Å². The lowest BCUT2D eigenvalue weighted by Crippen LogP contribution is -2.58. The van der Waals surface area contributed by atoms with Gasteiger partial charge in [0.25, 0.3) is 0 Å². The van der Waals surface area contributed by atoms with E-state index in [1.54, 1.807) is 17.0 Å². The molecule has 1 aromatic rings. The molecule has 0 bridgehead atoms. The Kier molecular flexibility index (Phi) is 8.28. The van der Waals surface area contributed by atoms with Crippen molar-refractivity contribution >= 4 is 29.5 Å². The number of carbonyl (C=O) groups excluding carboxylic acids is 2. The van der Waals surface area contributed by atoms with Crippen molar-refractivity contribution in [3.63, 3.8) is 0 Å². The van der Waals surface area contributed by atoms with Crippen molar-refractivity contribution < 1.29 is 14.0 Å². The number of rotatable bonds is 7. The zero-order chi connectivity index (χ0) is 21.5. The molecule has 1 atom stereocenters. The highest BCUT2D eigenvalue weighted by atomic mass is 35.5. The fourth-order valence-electron chi connectivity index (χ4n) is 4.27. The fourth-order valence-corrected chi connectivity index (χ4v) is 4.46. The van der Waals surface area contributed by atoms with Crippen LogP contribution in [-0.2, 0) is 9.59 Å². The predicted octanol–water partition coefficient (Wildman–Crippen LogP) is 3.82. The molecule has 1 unspecified atom stereocenters. The van der Waals surface area contributed by atoms with Gasteiger partial charge in [-0.15, -0.1) is 0 Å². The number of nitrogens with zero attached hydrogens (tertiary/aromatic N) is 3. The molecule has 30 heavy (non-hydrogen) atoms. The molecular formula is C23H31ClFN3O2. The molecule has 0 aliphatic carbocycles. The van der Waals surface area contributed by atoms with Crippen LogP contribution >= 0.6 is 11.6 Å². The molecule has 7 heteroatoms. The molecule has 2 fully saturated rings. The third-order valence-electron chi connectivity index (χ3n) is 5.97. The summed E-state index contributed by atoms with van der Waals surface area (Å²) in [6.07, 6.45) is 8.47. The van der Waals surface area contributed by atoms with Crippen LogP contribution in [0.1, 0.15) is 44.6 Å². The lowest BCUT2D eigenvalue weighted by molar-refractivity contribution is -0.149. The maximum atomic E-state index is 13.3. The minimum Gasteiger partial charge on any atom is -0.339 e. The molecule has 164 valence electrons. The molecule has 0 N–H and O–H groups in total. The Balaban J connectivity index is 1.54. The molecule has 2 heterocycles. The molecule has 2 saturated heterocycles. The zero-order valence-corrected chi connectivity index (χ0v) is 18.4. The second-order valence-corrected chi connectivity index (χ2v) is 8.45. The Morgan fingerprint density at radius 2 is 1.93 bits per heavy atom. The number of piperidine rings is 1. The molecule has 3 rings (SSSR count). The summed E-state index contributed by atoms with van der Waals surface area (Å²) in [4.78, 5) is 31.7. The summed E-state index contributed by atoms with van der Waals surface area (Å²) in [6, 6.07) is 3.88. The molecule has 2 aliphatic rings. The van der Waals surface area contributed by atoms with E-state index in [1.165, 1.54) is 50.6 Å². The fraction of sp³-hybridized carbons (Fsp3) is 0.565. The van der Waals surface area contributed by atoms with Crippen LogP contribution in [0.4, 0.5) is 4.39 Å². The Bertz CT molecular complexity index is 780. The van der Waals surface area contributed by atoms with Crippen molar-refractivity contribution in [3.8, 4) is 0 Å². The minimum absolute atomic E-state index is 0.0179. The Morgan fingerprint density at radius 3 is 2.63 bits per heavy atom. The molecule has 5 nitrogen and oxygen atoms in total. The van der Waals surface area contributed by atoms with Crippen molar-refractivity contribution in [2.75, 3.05) is 39.3 Å². The Morgan fingerprint density at radius 1 is 1.17 bits per heavy atom. The van der Waals surface area contributed by atoms with Crippen LogP contribution < -0.4 is 0 Å². The third kappa shape index (κ3) is 5.82. The van der Waals surface area contributed by atoms with E-state index < -0.39 is 11.9 Å². The van der Waals surface area contributed by atoms with E-state index in [1.807, 2.05) is 11.8 Å². The maximum absolute atomic E-state index is 13.3. The van der Waals surface area contributed by atoms with E-state index in [4.69, 9.17) is 11.6 Å². The maximum Gasteiger partial charge on any atom is 0.247 e. The van der Waals surface area contributed by atoms with E-state index in [0.717, 1.165) is 19.5 Å². The highest BCUT2D eigenvalue weighted by Crippen LogP contribution is 2.19. The molecule has 0 radical (unpaired) electrons. The van der Waals surface area contributed by atoms with Crippen LogP contribution in [0.5, 0.6) is 0 Å². The summed E-state index contributed by atoms with van der Waals surface area (Å²) in [5, 5.41) is 0.0179. The first kappa shape index (κ1) is 22.8. The number of amides is 2. The van der Waals surface area contributed by atoms with Gasteiger partial charge in [0.2, 0.25) is 11.8 Å². The summed E-state index contributed by atoms with van der Waals surface area (Å²) in [5.41, 5.74) is 0.644. The summed E-state index contributed by atoms with van der Waals surface area (Å²) in [7, 11) is 0. The van der Waals surface area contributed by atoms with Gasteiger partial charge in [0.1, 0.15) is 11.9 Å². The number of benzene rings is 1. The normalized spacial score (nSPS) is 20.9. The second kappa shape index (κ2) is 10.9. The number of piperazine rings is 1. The quantitative estimate of drug-likeness (QED) is 0.611. The molecule has 2 aliphatic heterocycles. The SMILES string of the molecule is CCC1C(=O)N(CCCN2CCCCC2)CCN1C(=O)C=Cc1ccc(F)c(Cl)c1. The lowest BCUT2D eigenvalue weighted by atomic mass is 10.1. The van der Waals surface area contributed by atoms with Gasteiger partial charge in [0.05, 0.1) is 5.02 Å². The Labute approximate surface area is 183 Å². The highest BCUT2D eigenvalue weighted by molar-refractivity contribution is 6.30. The number of hydrogen-bond donors (Lipinski definition) is 0. The van der Waals surface area contributed by atoms with Gasteiger partial charge in [-0.2, -0.15) is 0 Å². The molecule has 0 spiro atoms. The summed E-state index contributed by atoms with van der Waals surface area (Å²) in [5.74, 6) is -0.661. The monoisotopic (exact) mass is 435 g/mol. The van der Waals surface area contributed by atoms with Crippen LogP contribution in [0.2, 0.25) is 5.02 Å².